The first kappa shape index (κ1) is 14.7. The second-order valence-electron chi connectivity index (χ2n) is 5.04. The Kier molecular flexibility index (Phi) is 4.41. The number of amides is 1. The first-order valence-electron chi connectivity index (χ1n) is 6.59. The van der Waals surface area contributed by atoms with Crippen LogP contribution >= 0.6 is 24.2 Å². The van der Waals surface area contributed by atoms with E-state index in [0.29, 0.717) is 5.92 Å². The van der Waals surface area contributed by atoms with Crippen molar-refractivity contribution in [1.82, 2.24) is 5.32 Å². The van der Waals surface area contributed by atoms with Gasteiger partial charge in [-0.3, -0.25) is 9.79 Å². The molecule has 3 atom stereocenters. The molecule has 2 heterocycles. The summed E-state index contributed by atoms with van der Waals surface area (Å²) in [6, 6.07) is 0. The van der Waals surface area contributed by atoms with Crippen molar-refractivity contribution >= 4 is 36.3 Å². The summed E-state index contributed by atoms with van der Waals surface area (Å²) < 4.78 is 0.0687. The van der Waals surface area contributed by atoms with E-state index in [-0.39, 0.29) is 29.0 Å². The zero-order valence-corrected chi connectivity index (χ0v) is 12.6. The highest BCUT2D eigenvalue weighted by Gasteiger charge is 2.54. The number of hydrogen-bond donors (Lipinski definition) is 1. The van der Waals surface area contributed by atoms with Crippen LogP contribution in [0.3, 0.4) is 0 Å². The van der Waals surface area contributed by atoms with Gasteiger partial charge in [-0.15, -0.1) is 24.2 Å². The summed E-state index contributed by atoms with van der Waals surface area (Å²) in [6.07, 6.45) is 10.3. The standard InChI is InChI=1S/C14H18N2OS.ClH/c1-2-15-13(17)10-9-18-14-7-4-3-5-12(14)16-8-6-11(10)14;/h3-5,8,10-11H,2,6-7,9H2,1H3,(H,15,17);1H. The van der Waals surface area contributed by atoms with Crippen molar-refractivity contribution in [3.63, 3.8) is 0 Å². The Labute approximate surface area is 124 Å². The predicted molar refractivity (Wildman–Crippen MR) is 83.0 cm³/mol. The quantitative estimate of drug-likeness (QED) is 0.851. The number of carbonyl (C=O) groups excluding carboxylic acids is 1. The number of nitrogens with one attached hydrogen (secondary N) is 1. The van der Waals surface area contributed by atoms with E-state index in [0.717, 1.165) is 30.8 Å². The van der Waals surface area contributed by atoms with Gasteiger partial charge in [-0.25, -0.2) is 0 Å². The molecule has 3 unspecified atom stereocenters. The fourth-order valence-electron chi connectivity index (χ4n) is 3.24. The molecule has 3 nitrogen and oxygen atoms in total. The van der Waals surface area contributed by atoms with Crippen molar-refractivity contribution in [1.29, 1.82) is 0 Å². The Morgan fingerprint density at radius 3 is 3.26 bits per heavy atom. The molecule has 5 heteroatoms. The number of hydrogen-bond acceptors (Lipinski definition) is 3. The lowest BCUT2D eigenvalue weighted by atomic mass is 9.73. The average Bonchev–Trinajstić information content (AvgIpc) is 2.76. The monoisotopic (exact) mass is 298 g/mol. The molecule has 0 aromatic heterocycles. The highest BCUT2D eigenvalue weighted by atomic mass is 35.5. The third-order valence-electron chi connectivity index (χ3n) is 4.13. The van der Waals surface area contributed by atoms with E-state index < -0.39 is 0 Å². The van der Waals surface area contributed by atoms with Crippen LogP contribution < -0.4 is 5.32 Å². The van der Waals surface area contributed by atoms with Crippen LogP contribution in [0, 0.1) is 11.8 Å². The maximum Gasteiger partial charge on any atom is 0.224 e. The van der Waals surface area contributed by atoms with Gasteiger partial charge in [0.05, 0.1) is 16.4 Å². The highest BCUT2D eigenvalue weighted by molar-refractivity contribution is 8.01. The van der Waals surface area contributed by atoms with E-state index in [4.69, 9.17) is 0 Å². The maximum absolute atomic E-state index is 12.2. The molecule has 2 aliphatic heterocycles. The number of nitrogens with zero attached hydrogens (tertiary/aromatic N) is 1. The normalized spacial score (nSPS) is 34.9. The zero-order chi connectivity index (χ0) is 12.6. The summed E-state index contributed by atoms with van der Waals surface area (Å²) in [7, 11) is 0. The fraction of sp³-hybridized carbons (Fsp3) is 0.571. The third kappa shape index (κ3) is 2.25. The van der Waals surface area contributed by atoms with Gasteiger partial charge in [0.15, 0.2) is 0 Å². The topological polar surface area (TPSA) is 41.5 Å². The van der Waals surface area contributed by atoms with Crippen molar-refractivity contribution < 1.29 is 4.79 Å². The van der Waals surface area contributed by atoms with Crippen LogP contribution in [0.5, 0.6) is 0 Å². The number of thioether (sulfide) groups is 1. The summed E-state index contributed by atoms with van der Waals surface area (Å²) in [5.41, 5.74) is 1.16. The van der Waals surface area contributed by atoms with Gasteiger partial charge >= 0.3 is 0 Å². The number of rotatable bonds is 2. The number of carbonyl (C=O) groups is 1. The van der Waals surface area contributed by atoms with Gasteiger partial charge in [-0.2, -0.15) is 0 Å². The van der Waals surface area contributed by atoms with Crippen LogP contribution in [0.25, 0.3) is 0 Å². The Balaban J connectivity index is 0.00000133. The van der Waals surface area contributed by atoms with Gasteiger partial charge in [-0.05, 0) is 31.8 Å². The minimum atomic E-state index is 0. The molecule has 1 N–H and O–H groups in total. The summed E-state index contributed by atoms with van der Waals surface area (Å²) in [4.78, 5) is 16.7. The molecule has 1 saturated heterocycles. The lowest BCUT2D eigenvalue weighted by Crippen LogP contribution is -2.43. The van der Waals surface area contributed by atoms with Crippen LogP contribution in [0.4, 0.5) is 0 Å². The van der Waals surface area contributed by atoms with E-state index in [2.05, 4.69) is 28.5 Å². The van der Waals surface area contributed by atoms with Crippen molar-refractivity contribution in [2.75, 3.05) is 12.3 Å². The van der Waals surface area contributed by atoms with Crippen molar-refractivity contribution in [2.45, 2.75) is 24.5 Å². The molecule has 3 rings (SSSR count). The molecular weight excluding hydrogens is 280 g/mol. The van der Waals surface area contributed by atoms with Crippen LogP contribution in [-0.2, 0) is 4.79 Å². The molecule has 1 fully saturated rings. The molecule has 1 aliphatic carbocycles. The lowest BCUT2D eigenvalue weighted by Gasteiger charge is -2.39. The number of aliphatic imine (C=N–C) groups is 1. The Hall–Kier alpha value is -0.740. The smallest absolute Gasteiger partial charge is 0.224 e. The van der Waals surface area contributed by atoms with Gasteiger partial charge < -0.3 is 5.32 Å². The molecule has 1 amide bonds. The number of halogens is 1. The Morgan fingerprint density at radius 2 is 2.47 bits per heavy atom. The van der Waals surface area contributed by atoms with Crippen molar-refractivity contribution in [3.8, 4) is 0 Å². The van der Waals surface area contributed by atoms with Crippen LogP contribution in [0.2, 0.25) is 0 Å². The summed E-state index contributed by atoms with van der Waals surface area (Å²) in [5.74, 6) is 1.68. The maximum atomic E-state index is 12.2. The third-order valence-corrected chi connectivity index (χ3v) is 5.85. The average molecular weight is 299 g/mol. The Morgan fingerprint density at radius 1 is 1.63 bits per heavy atom. The van der Waals surface area contributed by atoms with Crippen LogP contribution in [0.1, 0.15) is 19.8 Å². The van der Waals surface area contributed by atoms with Gasteiger partial charge in [0.2, 0.25) is 5.91 Å². The molecule has 19 heavy (non-hydrogen) atoms. The van der Waals surface area contributed by atoms with Crippen LogP contribution in [0.15, 0.2) is 28.9 Å². The van der Waals surface area contributed by atoms with Gasteiger partial charge in [0.1, 0.15) is 0 Å². The zero-order valence-electron chi connectivity index (χ0n) is 11.0. The summed E-state index contributed by atoms with van der Waals surface area (Å²) in [6.45, 7) is 2.70. The summed E-state index contributed by atoms with van der Waals surface area (Å²) in [5, 5.41) is 2.98. The van der Waals surface area contributed by atoms with E-state index in [1.165, 1.54) is 0 Å². The predicted octanol–water partition coefficient (Wildman–Crippen LogP) is 2.58. The molecule has 0 bridgehead atoms. The van der Waals surface area contributed by atoms with Crippen molar-refractivity contribution in [2.24, 2.45) is 16.8 Å². The van der Waals surface area contributed by atoms with Crippen molar-refractivity contribution in [3.05, 3.63) is 23.9 Å². The number of allylic oxidation sites excluding steroid dienone is 3. The van der Waals surface area contributed by atoms with E-state index >= 15 is 0 Å². The second-order valence-corrected chi connectivity index (χ2v) is 6.39. The van der Waals surface area contributed by atoms with Gasteiger partial charge in [0.25, 0.3) is 0 Å². The molecule has 3 aliphatic rings. The van der Waals surface area contributed by atoms with Gasteiger partial charge in [-0.1, -0.05) is 12.2 Å². The highest BCUT2D eigenvalue weighted by Crippen LogP contribution is 2.56. The molecule has 0 aromatic rings. The lowest BCUT2D eigenvalue weighted by molar-refractivity contribution is -0.125. The minimum Gasteiger partial charge on any atom is -0.356 e. The molecule has 0 saturated carbocycles. The fourth-order valence-corrected chi connectivity index (χ4v) is 5.06. The second kappa shape index (κ2) is 5.71. The minimum absolute atomic E-state index is 0. The Bertz CT molecular complexity index is 460. The molecule has 1 spiro atoms. The van der Waals surface area contributed by atoms with Crippen LogP contribution in [-0.4, -0.2) is 29.2 Å². The molecule has 0 radical (unpaired) electrons. The largest absolute Gasteiger partial charge is 0.356 e. The van der Waals surface area contributed by atoms with E-state index in [1.54, 1.807) is 0 Å². The molecule has 0 aromatic carbocycles. The first-order chi connectivity index (χ1) is 8.78. The first-order valence-corrected chi connectivity index (χ1v) is 7.58. The SMILES string of the molecule is CCNC(=O)C1CSC23CC=CC=C2N=CCC13.Cl. The van der Waals surface area contributed by atoms with E-state index in [9.17, 15) is 4.79 Å². The van der Waals surface area contributed by atoms with Gasteiger partial charge in [0, 0.05) is 18.5 Å². The summed E-state index contributed by atoms with van der Waals surface area (Å²) >= 11 is 1.93. The molecular formula is C14H19ClN2OS. The molecule has 104 valence electrons. The van der Waals surface area contributed by atoms with E-state index in [1.807, 2.05) is 24.9 Å².